The summed E-state index contributed by atoms with van der Waals surface area (Å²) in [5.41, 5.74) is 0.777. The lowest BCUT2D eigenvalue weighted by Gasteiger charge is -2.05. The van der Waals surface area contributed by atoms with Crippen molar-refractivity contribution >= 4 is 39.1 Å². The second-order valence-corrected chi connectivity index (χ2v) is 4.99. The fourth-order valence-corrected chi connectivity index (χ4v) is 1.95. The van der Waals surface area contributed by atoms with Crippen molar-refractivity contribution in [3.8, 4) is 0 Å². The first kappa shape index (κ1) is 8.91. The average molecular weight is 259 g/mol. The van der Waals surface area contributed by atoms with E-state index in [0.29, 0.717) is 11.1 Å². The highest BCUT2D eigenvalue weighted by Crippen LogP contribution is 2.39. The molecule has 2 rings (SSSR count). The molecule has 0 atom stereocenters. The highest BCUT2D eigenvalue weighted by Gasteiger charge is 2.49. The molecule has 1 aromatic carbocycles. The molecule has 66 valence electrons. The van der Waals surface area contributed by atoms with Gasteiger partial charge in [0.05, 0.1) is 0 Å². The fourth-order valence-electron chi connectivity index (χ4n) is 1.32. The zero-order valence-corrected chi connectivity index (χ0v) is 8.72. The second kappa shape index (κ2) is 2.66. The third-order valence-corrected chi connectivity index (χ3v) is 3.05. The number of rotatable bonds is 0. The summed E-state index contributed by atoms with van der Waals surface area (Å²) in [6.07, 6.45) is 0. The Morgan fingerprint density at radius 2 is 1.46 bits per heavy atom. The van der Waals surface area contributed by atoms with E-state index in [1.54, 1.807) is 24.3 Å². The van der Waals surface area contributed by atoms with Gasteiger partial charge in [-0.2, -0.15) is 0 Å². The average Bonchev–Trinajstić information content (AvgIpc) is 2.30. The van der Waals surface area contributed by atoms with Crippen molar-refractivity contribution in [2.24, 2.45) is 0 Å². The lowest BCUT2D eigenvalue weighted by atomic mass is 10.1. The molecule has 0 unspecified atom stereocenters. The molecule has 0 aromatic heterocycles. The molecule has 0 amide bonds. The van der Waals surface area contributed by atoms with Crippen LogP contribution in [0.5, 0.6) is 0 Å². The number of alkyl halides is 2. The van der Waals surface area contributed by atoms with Gasteiger partial charge in [0, 0.05) is 11.1 Å². The number of carbonyl (C=O) groups excluding carboxylic acids is 2. The van der Waals surface area contributed by atoms with Crippen LogP contribution in [0, 0.1) is 0 Å². The van der Waals surface area contributed by atoms with E-state index in [1.165, 1.54) is 0 Å². The Hall–Kier alpha value is -0.670. The molecule has 0 fully saturated rings. The van der Waals surface area contributed by atoms with Crippen molar-refractivity contribution in [2.75, 3.05) is 0 Å². The summed E-state index contributed by atoms with van der Waals surface area (Å²) in [5.74, 6) is -0.760. The first-order valence-electron chi connectivity index (χ1n) is 3.61. The van der Waals surface area contributed by atoms with Crippen molar-refractivity contribution in [1.29, 1.82) is 0 Å². The van der Waals surface area contributed by atoms with E-state index in [-0.39, 0.29) is 11.6 Å². The Balaban J connectivity index is 2.71. The summed E-state index contributed by atoms with van der Waals surface area (Å²) < 4.78 is -1.57. The van der Waals surface area contributed by atoms with Gasteiger partial charge in [-0.3, -0.25) is 9.59 Å². The number of hydrogen-bond donors (Lipinski definition) is 0. The summed E-state index contributed by atoms with van der Waals surface area (Å²) in [4.78, 5) is 23.1. The van der Waals surface area contributed by atoms with E-state index in [9.17, 15) is 9.59 Å². The minimum absolute atomic E-state index is 0.380. The van der Waals surface area contributed by atoms with E-state index in [1.807, 2.05) is 0 Å². The van der Waals surface area contributed by atoms with Crippen LogP contribution in [0.4, 0.5) is 0 Å². The molecule has 0 heterocycles. The molecule has 0 saturated carbocycles. The van der Waals surface area contributed by atoms with Crippen molar-refractivity contribution in [1.82, 2.24) is 0 Å². The van der Waals surface area contributed by atoms with E-state index in [0.717, 1.165) is 0 Å². The van der Waals surface area contributed by atoms with Crippen LogP contribution in [-0.4, -0.2) is 15.3 Å². The molecule has 0 radical (unpaired) electrons. The van der Waals surface area contributed by atoms with Crippen LogP contribution < -0.4 is 0 Å². The molecule has 1 aliphatic carbocycles. The third kappa shape index (κ3) is 1.07. The zero-order chi connectivity index (χ0) is 9.64. The van der Waals surface area contributed by atoms with Crippen molar-refractivity contribution < 1.29 is 9.59 Å². The lowest BCUT2D eigenvalue weighted by Crippen LogP contribution is -2.26. The summed E-state index contributed by atoms with van der Waals surface area (Å²) in [7, 11) is 0. The second-order valence-electron chi connectivity index (χ2n) is 2.78. The molecule has 0 aliphatic heterocycles. The lowest BCUT2D eigenvalue weighted by molar-refractivity contribution is 0.0915. The molecule has 1 aliphatic rings. The Morgan fingerprint density at radius 3 is 1.85 bits per heavy atom. The maximum atomic E-state index is 11.5. The molecular formula is C9H4BrClO2. The van der Waals surface area contributed by atoms with Gasteiger partial charge >= 0.3 is 0 Å². The highest BCUT2D eigenvalue weighted by molar-refractivity contribution is 9.11. The normalized spacial score (nSPS) is 18.9. The first-order valence-corrected chi connectivity index (χ1v) is 4.78. The largest absolute Gasteiger partial charge is 0.291 e. The predicted molar refractivity (Wildman–Crippen MR) is 52.6 cm³/mol. The van der Waals surface area contributed by atoms with Gasteiger partial charge in [-0.25, -0.2) is 0 Å². The predicted octanol–water partition coefficient (Wildman–Crippen LogP) is 2.40. The van der Waals surface area contributed by atoms with Crippen LogP contribution in [-0.2, 0) is 0 Å². The molecule has 2 nitrogen and oxygen atoms in total. The van der Waals surface area contributed by atoms with Gasteiger partial charge in [0.15, 0.2) is 0 Å². The summed E-state index contributed by atoms with van der Waals surface area (Å²) >= 11 is 8.67. The number of carbonyl (C=O) groups is 2. The van der Waals surface area contributed by atoms with Gasteiger partial charge < -0.3 is 0 Å². The summed E-state index contributed by atoms with van der Waals surface area (Å²) in [6.45, 7) is 0. The topological polar surface area (TPSA) is 34.1 Å². The minimum Gasteiger partial charge on any atom is -0.291 e. The van der Waals surface area contributed by atoms with Crippen LogP contribution in [0.2, 0.25) is 0 Å². The van der Waals surface area contributed by atoms with Gasteiger partial charge in [-0.15, -0.1) is 0 Å². The molecule has 0 saturated heterocycles. The number of ketones is 2. The van der Waals surface area contributed by atoms with E-state index in [4.69, 9.17) is 11.6 Å². The molecule has 1 aromatic rings. The summed E-state index contributed by atoms with van der Waals surface area (Å²) in [6, 6.07) is 6.60. The Bertz CT molecular complexity index is 375. The quantitative estimate of drug-likeness (QED) is 0.529. The molecule has 0 spiro atoms. The number of Topliss-reactive ketones (excluding diaryl/α,β-unsaturated/α-hetero) is 2. The van der Waals surface area contributed by atoms with Crippen LogP contribution in [0.15, 0.2) is 24.3 Å². The Kier molecular flexibility index (Phi) is 1.82. The van der Waals surface area contributed by atoms with Gasteiger partial charge in [0.2, 0.25) is 15.3 Å². The maximum absolute atomic E-state index is 11.5. The Morgan fingerprint density at radius 1 is 1.08 bits per heavy atom. The molecule has 4 heteroatoms. The van der Waals surface area contributed by atoms with Crippen LogP contribution >= 0.6 is 27.5 Å². The number of fused-ring (bicyclic) bond motifs is 1. The molecule has 0 bridgehead atoms. The SMILES string of the molecule is O=C1c2ccccc2C(=O)C1(Cl)Br. The minimum atomic E-state index is -1.57. The maximum Gasteiger partial charge on any atom is 0.224 e. The van der Waals surface area contributed by atoms with Gasteiger partial charge in [-0.05, 0) is 15.9 Å². The molecule has 0 N–H and O–H groups in total. The highest BCUT2D eigenvalue weighted by atomic mass is 79.9. The van der Waals surface area contributed by atoms with Crippen LogP contribution in [0.1, 0.15) is 20.7 Å². The van der Waals surface area contributed by atoms with Crippen molar-refractivity contribution in [3.63, 3.8) is 0 Å². The fraction of sp³-hybridized carbons (Fsp3) is 0.111. The molecule has 13 heavy (non-hydrogen) atoms. The smallest absolute Gasteiger partial charge is 0.224 e. The van der Waals surface area contributed by atoms with Crippen LogP contribution in [0.3, 0.4) is 0 Å². The number of hydrogen-bond acceptors (Lipinski definition) is 2. The van der Waals surface area contributed by atoms with Crippen molar-refractivity contribution in [2.45, 2.75) is 3.78 Å². The van der Waals surface area contributed by atoms with Gasteiger partial charge in [0.1, 0.15) is 0 Å². The molecular weight excluding hydrogens is 255 g/mol. The standard InChI is InChI=1S/C9H4BrClO2/c10-9(11)7(12)5-3-1-2-4-6(5)8(9)13/h1-4H. The Labute approximate surface area is 88.0 Å². The first-order chi connectivity index (χ1) is 6.05. The number of benzene rings is 1. The third-order valence-electron chi connectivity index (χ3n) is 1.99. The summed E-state index contributed by atoms with van der Waals surface area (Å²) in [5, 5.41) is 0. The number of halogens is 2. The van der Waals surface area contributed by atoms with Crippen LogP contribution in [0.25, 0.3) is 0 Å². The van der Waals surface area contributed by atoms with Crippen molar-refractivity contribution in [3.05, 3.63) is 35.4 Å². The van der Waals surface area contributed by atoms with E-state index < -0.39 is 3.78 Å². The van der Waals surface area contributed by atoms with E-state index >= 15 is 0 Å². The van der Waals surface area contributed by atoms with Gasteiger partial charge in [0.25, 0.3) is 0 Å². The zero-order valence-electron chi connectivity index (χ0n) is 6.38. The van der Waals surface area contributed by atoms with E-state index in [2.05, 4.69) is 15.9 Å². The van der Waals surface area contributed by atoms with Gasteiger partial charge in [-0.1, -0.05) is 35.9 Å². The monoisotopic (exact) mass is 258 g/mol.